The summed E-state index contributed by atoms with van der Waals surface area (Å²) in [6.07, 6.45) is 5.46. The zero-order valence-corrected chi connectivity index (χ0v) is 16.6. The highest BCUT2D eigenvalue weighted by atomic mass is 35.5. The van der Waals surface area contributed by atoms with E-state index in [1.807, 2.05) is 37.3 Å². The Morgan fingerprint density at radius 1 is 1.18 bits per heavy atom. The molecule has 0 radical (unpaired) electrons. The number of aryl methyl sites for hydroxylation is 1. The van der Waals surface area contributed by atoms with Crippen molar-refractivity contribution >= 4 is 34.0 Å². The van der Waals surface area contributed by atoms with Gasteiger partial charge in [0.2, 0.25) is 0 Å². The lowest BCUT2D eigenvalue weighted by molar-refractivity contribution is 0.102. The molecule has 0 aliphatic carbocycles. The van der Waals surface area contributed by atoms with Crippen LogP contribution in [0.3, 0.4) is 0 Å². The van der Waals surface area contributed by atoms with E-state index < -0.39 is 0 Å². The summed E-state index contributed by atoms with van der Waals surface area (Å²) in [6, 6.07) is 13.1. The fourth-order valence-corrected chi connectivity index (χ4v) is 3.82. The number of rotatable bonds is 5. The van der Waals surface area contributed by atoms with E-state index in [4.69, 9.17) is 16.0 Å². The van der Waals surface area contributed by atoms with Crippen molar-refractivity contribution < 1.29 is 9.21 Å². The Hall–Kier alpha value is -2.96. The monoisotopic (exact) mass is 409 g/mol. The first-order chi connectivity index (χ1) is 13.6. The molecule has 0 spiro atoms. The third kappa shape index (κ3) is 3.98. The zero-order valence-electron chi connectivity index (χ0n) is 15.0. The summed E-state index contributed by atoms with van der Waals surface area (Å²) in [6.45, 7) is 1.98. The van der Waals surface area contributed by atoms with Crippen LogP contribution in [0.5, 0.6) is 0 Å². The second-order valence-corrected chi connectivity index (χ2v) is 7.75. The normalized spacial score (nSPS) is 10.8. The number of oxazole rings is 1. The minimum atomic E-state index is -0.210. The molecule has 2 heterocycles. The second kappa shape index (κ2) is 7.96. The Kier molecular flexibility index (Phi) is 5.23. The number of anilines is 1. The molecular weight excluding hydrogens is 394 g/mol. The number of hydrogen-bond donors (Lipinski definition) is 1. The largest absolute Gasteiger partial charge is 0.444 e. The number of carbonyl (C=O) groups excluding carboxylic acids is 1. The second-order valence-electron chi connectivity index (χ2n) is 6.25. The van der Waals surface area contributed by atoms with E-state index in [1.54, 1.807) is 24.5 Å². The number of benzene rings is 2. The molecule has 7 heteroatoms. The Balaban J connectivity index is 1.43. The lowest BCUT2D eigenvalue weighted by Gasteiger charge is -2.05. The van der Waals surface area contributed by atoms with E-state index in [-0.39, 0.29) is 5.91 Å². The van der Waals surface area contributed by atoms with Crippen molar-refractivity contribution in [3.63, 3.8) is 0 Å². The molecule has 2 aromatic heterocycles. The van der Waals surface area contributed by atoms with Crippen LogP contribution in [0.25, 0.3) is 11.3 Å². The van der Waals surface area contributed by atoms with Gasteiger partial charge < -0.3 is 4.42 Å². The first kappa shape index (κ1) is 18.4. The molecule has 1 amide bonds. The molecule has 5 nitrogen and oxygen atoms in total. The molecule has 0 aliphatic rings. The number of nitrogens with one attached hydrogen (secondary N) is 1. The van der Waals surface area contributed by atoms with Crippen LogP contribution in [-0.2, 0) is 6.42 Å². The zero-order chi connectivity index (χ0) is 19.5. The minimum Gasteiger partial charge on any atom is -0.444 e. The Bertz CT molecular complexity index is 1110. The summed E-state index contributed by atoms with van der Waals surface area (Å²) in [5.41, 5.74) is 3.50. The van der Waals surface area contributed by atoms with Gasteiger partial charge in [-0.1, -0.05) is 41.9 Å². The lowest BCUT2D eigenvalue weighted by Crippen LogP contribution is -2.11. The van der Waals surface area contributed by atoms with Crippen molar-refractivity contribution in [3.8, 4) is 11.3 Å². The van der Waals surface area contributed by atoms with E-state index in [2.05, 4.69) is 15.3 Å². The molecule has 28 heavy (non-hydrogen) atoms. The van der Waals surface area contributed by atoms with Crippen molar-refractivity contribution in [3.05, 3.63) is 87.8 Å². The van der Waals surface area contributed by atoms with Crippen LogP contribution in [-0.4, -0.2) is 15.9 Å². The molecule has 140 valence electrons. The Morgan fingerprint density at radius 3 is 2.75 bits per heavy atom. The van der Waals surface area contributed by atoms with E-state index in [9.17, 15) is 4.79 Å². The third-order valence-corrected chi connectivity index (χ3v) is 5.73. The quantitative estimate of drug-likeness (QED) is 0.465. The number of amides is 1. The molecule has 0 aliphatic heterocycles. The summed E-state index contributed by atoms with van der Waals surface area (Å²) in [5, 5.41) is 4.17. The van der Waals surface area contributed by atoms with Crippen molar-refractivity contribution in [2.75, 3.05) is 5.32 Å². The smallest absolute Gasteiger partial charge is 0.257 e. The topological polar surface area (TPSA) is 68.0 Å². The van der Waals surface area contributed by atoms with E-state index in [1.165, 1.54) is 17.7 Å². The molecular formula is C21H16ClN3O2S. The molecule has 4 aromatic rings. The summed E-state index contributed by atoms with van der Waals surface area (Å²) in [7, 11) is 0. The molecule has 0 atom stereocenters. The number of aromatic nitrogens is 2. The molecule has 0 saturated heterocycles. The van der Waals surface area contributed by atoms with Gasteiger partial charge in [-0.15, -0.1) is 11.3 Å². The maximum Gasteiger partial charge on any atom is 0.257 e. The molecule has 0 unspecified atom stereocenters. The Labute approximate surface area is 171 Å². The molecule has 4 rings (SSSR count). The first-order valence-electron chi connectivity index (χ1n) is 8.59. The fraction of sp³-hybridized carbons (Fsp3) is 0.0952. The van der Waals surface area contributed by atoms with Gasteiger partial charge in [-0.05, 0) is 30.2 Å². The highest BCUT2D eigenvalue weighted by Gasteiger charge is 2.12. The first-order valence-corrected chi connectivity index (χ1v) is 9.78. The van der Waals surface area contributed by atoms with E-state index >= 15 is 0 Å². The standard InChI is InChI=1S/C21H16ClN3O2S/c1-13-3-2-4-16(19(13)22)9-17-10-24-21(28-17)25-20(26)15-7-5-14(6-8-15)18-11-23-12-27-18/h2-8,10-12H,9H2,1H3,(H,24,25,26). The highest BCUT2D eigenvalue weighted by Crippen LogP contribution is 2.27. The van der Waals surface area contributed by atoms with Gasteiger partial charge >= 0.3 is 0 Å². The predicted octanol–water partition coefficient (Wildman–Crippen LogP) is 5.60. The molecule has 2 aromatic carbocycles. The van der Waals surface area contributed by atoms with Crippen LogP contribution in [0.15, 0.2) is 65.7 Å². The van der Waals surface area contributed by atoms with Gasteiger partial charge in [-0.2, -0.15) is 0 Å². The summed E-state index contributed by atoms with van der Waals surface area (Å²) in [5.74, 6) is 0.449. The van der Waals surface area contributed by atoms with Crippen LogP contribution in [0.2, 0.25) is 5.02 Å². The van der Waals surface area contributed by atoms with Crippen LogP contribution in [0, 0.1) is 6.92 Å². The van der Waals surface area contributed by atoms with Gasteiger partial charge in [0.15, 0.2) is 17.3 Å². The van der Waals surface area contributed by atoms with Gasteiger partial charge in [-0.3, -0.25) is 10.1 Å². The van der Waals surface area contributed by atoms with Crippen molar-refractivity contribution in [2.24, 2.45) is 0 Å². The van der Waals surface area contributed by atoms with E-state index in [0.29, 0.717) is 22.9 Å². The number of thiazole rings is 1. The lowest BCUT2D eigenvalue weighted by atomic mass is 10.1. The number of carbonyl (C=O) groups is 1. The van der Waals surface area contributed by atoms with E-state index in [0.717, 1.165) is 26.6 Å². The van der Waals surface area contributed by atoms with Crippen LogP contribution in [0.1, 0.15) is 26.4 Å². The van der Waals surface area contributed by atoms with Gasteiger partial charge in [0.1, 0.15) is 0 Å². The summed E-state index contributed by atoms with van der Waals surface area (Å²) in [4.78, 5) is 21.7. The minimum absolute atomic E-state index is 0.210. The van der Waals surface area contributed by atoms with Gasteiger partial charge in [0, 0.05) is 33.6 Å². The average Bonchev–Trinajstić information content (AvgIpc) is 3.38. The number of halogens is 1. The summed E-state index contributed by atoms with van der Waals surface area (Å²) >= 11 is 7.81. The van der Waals surface area contributed by atoms with Crippen molar-refractivity contribution in [1.82, 2.24) is 9.97 Å². The maximum atomic E-state index is 12.5. The molecule has 0 bridgehead atoms. The number of nitrogens with zero attached hydrogens (tertiary/aromatic N) is 2. The Morgan fingerprint density at radius 2 is 2.00 bits per heavy atom. The number of hydrogen-bond acceptors (Lipinski definition) is 5. The molecule has 1 N–H and O–H groups in total. The molecule has 0 fully saturated rings. The van der Waals surface area contributed by atoms with Gasteiger partial charge in [0.05, 0.1) is 6.20 Å². The van der Waals surface area contributed by atoms with Crippen molar-refractivity contribution in [2.45, 2.75) is 13.3 Å². The van der Waals surface area contributed by atoms with Crippen LogP contribution < -0.4 is 5.32 Å². The van der Waals surface area contributed by atoms with Crippen molar-refractivity contribution in [1.29, 1.82) is 0 Å². The van der Waals surface area contributed by atoms with Gasteiger partial charge in [0.25, 0.3) is 5.91 Å². The van der Waals surface area contributed by atoms with Crippen LogP contribution >= 0.6 is 22.9 Å². The fourth-order valence-electron chi connectivity index (χ4n) is 2.79. The SMILES string of the molecule is Cc1cccc(Cc2cnc(NC(=O)c3ccc(-c4cnco4)cc3)s2)c1Cl. The predicted molar refractivity (Wildman–Crippen MR) is 111 cm³/mol. The van der Waals surface area contributed by atoms with Crippen LogP contribution in [0.4, 0.5) is 5.13 Å². The van der Waals surface area contributed by atoms with Gasteiger partial charge in [-0.25, -0.2) is 9.97 Å². The average molecular weight is 410 g/mol. The third-order valence-electron chi connectivity index (χ3n) is 4.27. The molecule has 0 saturated carbocycles. The summed E-state index contributed by atoms with van der Waals surface area (Å²) < 4.78 is 5.25. The highest BCUT2D eigenvalue weighted by molar-refractivity contribution is 7.15. The maximum absolute atomic E-state index is 12.5.